The van der Waals surface area contributed by atoms with E-state index in [1.165, 1.54) is 36.4 Å². The lowest BCUT2D eigenvalue weighted by Crippen LogP contribution is -2.18. The highest BCUT2D eigenvalue weighted by molar-refractivity contribution is 6.03. The first-order chi connectivity index (χ1) is 20.7. The number of alkyl halides is 3. The van der Waals surface area contributed by atoms with E-state index in [9.17, 15) is 18.0 Å². The van der Waals surface area contributed by atoms with E-state index in [4.69, 9.17) is 10.2 Å². The van der Waals surface area contributed by atoms with Gasteiger partial charge in [-0.15, -0.1) is 5.10 Å². The minimum Gasteiger partial charge on any atom is -0.404 e. The van der Waals surface area contributed by atoms with E-state index in [2.05, 4.69) is 25.5 Å². The van der Waals surface area contributed by atoms with Crippen LogP contribution in [0.1, 0.15) is 34.6 Å². The molecule has 2 aromatic heterocycles. The van der Waals surface area contributed by atoms with Gasteiger partial charge in [-0.3, -0.25) is 9.69 Å². The fraction of sp³-hybridized carbons (Fsp3) is 0.200. The molecular weight excluding hydrogens is 566 g/mol. The topological polar surface area (TPSA) is 115 Å². The highest BCUT2D eigenvalue weighted by Gasteiger charge is 2.37. The van der Waals surface area contributed by atoms with Gasteiger partial charge in [-0.1, -0.05) is 41.5 Å². The van der Waals surface area contributed by atoms with Crippen molar-refractivity contribution in [3.05, 3.63) is 95.6 Å². The lowest BCUT2D eigenvalue weighted by molar-refractivity contribution is -0.142. The molecule has 1 saturated heterocycles. The second kappa shape index (κ2) is 11.3. The van der Waals surface area contributed by atoms with Crippen LogP contribution in [0, 0.1) is 5.82 Å². The minimum absolute atomic E-state index is 0.00405. The third-order valence-corrected chi connectivity index (χ3v) is 7.15. The molecule has 3 N–H and O–H groups in total. The Hall–Kier alpha value is -5.04. The number of likely N-dealkylation sites (tertiary alicyclic amines) is 1. The number of rotatable bonds is 7. The molecule has 0 spiro atoms. The van der Waals surface area contributed by atoms with Gasteiger partial charge in [-0.25, -0.2) is 9.07 Å². The largest absolute Gasteiger partial charge is 0.433 e. The number of amides is 1. The predicted octanol–water partition coefficient (Wildman–Crippen LogP) is 6.18. The summed E-state index contributed by atoms with van der Waals surface area (Å²) >= 11 is 0. The number of hydrogen-bond donors (Lipinski definition) is 2. The van der Waals surface area contributed by atoms with Crippen molar-refractivity contribution < 1.29 is 26.8 Å². The number of aromatic nitrogens is 4. The van der Waals surface area contributed by atoms with Gasteiger partial charge in [0.05, 0.1) is 11.4 Å². The number of nitrogens with two attached hydrogens (primary N) is 1. The average molecular weight is 592 g/mol. The number of hydrogen-bond acceptors (Lipinski definition) is 7. The Morgan fingerprint density at radius 2 is 1.74 bits per heavy atom. The van der Waals surface area contributed by atoms with Gasteiger partial charge in [-0.05, 0) is 73.0 Å². The second-order valence-corrected chi connectivity index (χ2v) is 10.1. The molecule has 0 radical (unpaired) electrons. The summed E-state index contributed by atoms with van der Waals surface area (Å²) in [5.74, 6) is -1.74. The van der Waals surface area contributed by atoms with Crippen molar-refractivity contribution in [1.29, 1.82) is 0 Å². The van der Waals surface area contributed by atoms with Gasteiger partial charge in [0.15, 0.2) is 5.69 Å². The summed E-state index contributed by atoms with van der Waals surface area (Å²) in [5, 5.41) is 13.5. The first-order valence-electron chi connectivity index (χ1n) is 13.4. The van der Waals surface area contributed by atoms with Crippen molar-refractivity contribution in [2.24, 2.45) is 0 Å². The van der Waals surface area contributed by atoms with E-state index < -0.39 is 29.3 Å². The highest BCUT2D eigenvalue weighted by Crippen LogP contribution is 2.33. The zero-order valence-corrected chi connectivity index (χ0v) is 22.6. The lowest BCUT2D eigenvalue weighted by atomic mass is 9.99. The zero-order valence-electron chi connectivity index (χ0n) is 22.6. The molecule has 0 saturated carbocycles. The molecule has 3 aromatic carbocycles. The molecule has 13 heteroatoms. The number of carbonyl (C=O) groups is 1. The molecule has 0 aliphatic carbocycles. The van der Waals surface area contributed by atoms with Gasteiger partial charge in [0.2, 0.25) is 5.89 Å². The summed E-state index contributed by atoms with van der Waals surface area (Å²) in [4.78, 5) is 15.4. The summed E-state index contributed by atoms with van der Waals surface area (Å²) in [6.45, 7) is 2.77. The third-order valence-electron chi connectivity index (χ3n) is 7.15. The molecule has 220 valence electrons. The fourth-order valence-electron chi connectivity index (χ4n) is 5.10. The molecule has 1 fully saturated rings. The monoisotopic (exact) mass is 591 g/mol. The molecule has 1 amide bonds. The predicted molar refractivity (Wildman–Crippen MR) is 151 cm³/mol. The quantitative estimate of drug-likeness (QED) is 0.217. The van der Waals surface area contributed by atoms with Crippen LogP contribution in [-0.4, -0.2) is 43.9 Å². The number of carbonyl (C=O) groups excluding carboxylic acids is 1. The van der Waals surface area contributed by atoms with E-state index >= 15 is 4.39 Å². The molecule has 9 nitrogen and oxygen atoms in total. The SMILES string of the molecule is Nc1nnc(-c2cccc(-n3nc(C(=O)Nc4ccc(-c5ccccc5CN5CCCC5)cc4F)cc3C(F)(F)F)c2)o1. The summed E-state index contributed by atoms with van der Waals surface area (Å²) in [5.41, 5.74) is 6.31. The maximum atomic E-state index is 15.2. The number of nitrogen functional groups attached to an aromatic ring is 1. The van der Waals surface area contributed by atoms with E-state index in [0.717, 1.165) is 43.6 Å². The summed E-state index contributed by atoms with van der Waals surface area (Å²) in [6, 6.07) is 18.2. The van der Waals surface area contributed by atoms with Crippen molar-refractivity contribution in [2.45, 2.75) is 25.6 Å². The normalized spacial score (nSPS) is 13.9. The van der Waals surface area contributed by atoms with Crippen LogP contribution in [0.3, 0.4) is 0 Å². The van der Waals surface area contributed by atoms with Gasteiger partial charge in [-0.2, -0.15) is 18.3 Å². The molecule has 1 aliphatic heterocycles. The molecule has 43 heavy (non-hydrogen) atoms. The van der Waals surface area contributed by atoms with Gasteiger partial charge < -0.3 is 15.5 Å². The Bertz CT molecular complexity index is 1790. The molecule has 3 heterocycles. The van der Waals surface area contributed by atoms with E-state index in [1.807, 2.05) is 24.3 Å². The van der Waals surface area contributed by atoms with E-state index in [0.29, 0.717) is 21.9 Å². The summed E-state index contributed by atoms with van der Waals surface area (Å²) < 4.78 is 62.9. The highest BCUT2D eigenvalue weighted by atomic mass is 19.4. The van der Waals surface area contributed by atoms with Crippen LogP contribution in [0.5, 0.6) is 0 Å². The molecule has 6 rings (SSSR count). The molecule has 1 aliphatic rings. The van der Waals surface area contributed by atoms with Gasteiger partial charge in [0.25, 0.3) is 5.91 Å². The summed E-state index contributed by atoms with van der Waals surface area (Å²) in [6.07, 6.45) is -2.56. The van der Waals surface area contributed by atoms with Crippen LogP contribution in [0.15, 0.2) is 77.2 Å². The fourth-order valence-corrected chi connectivity index (χ4v) is 5.10. The van der Waals surface area contributed by atoms with Crippen LogP contribution in [0.2, 0.25) is 0 Å². The van der Waals surface area contributed by atoms with Crippen LogP contribution < -0.4 is 11.1 Å². The van der Waals surface area contributed by atoms with E-state index in [-0.39, 0.29) is 23.3 Å². The minimum atomic E-state index is -4.86. The summed E-state index contributed by atoms with van der Waals surface area (Å²) in [7, 11) is 0. The van der Waals surface area contributed by atoms with Crippen LogP contribution >= 0.6 is 0 Å². The number of nitrogens with one attached hydrogen (secondary N) is 1. The van der Waals surface area contributed by atoms with Gasteiger partial charge in [0.1, 0.15) is 11.5 Å². The second-order valence-electron chi connectivity index (χ2n) is 10.1. The van der Waals surface area contributed by atoms with Crippen molar-refractivity contribution in [2.75, 3.05) is 24.1 Å². The van der Waals surface area contributed by atoms with E-state index in [1.54, 1.807) is 6.07 Å². The Balaban J connectivity index is 1.26. The number of anilines is 2. The number of halogens is 4. The zero-order chi connectivity index (χ0) is 30.1. The Labute approximate surface area is 242 Å². The third kappa shape index (κ3) is 5.97. The van der Waals surface area contributed by atoms with Gasteiger partial charge in [0, 0.05) is 18.2 Å². The Morgan fingerprint density at radius 1 is 0.953 bits per heavy atom. The maximum absolute atomic E-state index is 15.2. The molecule has 0 atom stereocenters. The number of benzene rings is 3. The maximum Gasteiger partial charge on any atom is 0.433 e. The standard InChI is InChI=1S/C30H25F4N7O2/c31-23-15-18(22-9-2-1-6-20(22)17-40-12-3-4-13-40)10-11-24(23)36-27(42)25-16-26(30(32,33)34)41(39-25)21-8-5-7-19(14-21)28-37-38-29(35)43-28/h1-2,5-11,14-16H,3-4,12-13,17H2,(H2,35,38)(H,36,42). The van der Waals surface area contributed by atoms with Gasteiger partial charge >= 0.3 is 12.2 Å². The van der Waals surface area contributed by atoms with Crippen molar-refractivity contribution in [1.82, 2.24) is 24.9 Å². The molecule has 0 bridgehead atoms. The Morgan fingerprint density at radius 3 is 2.47 bits per heavy atom. The van der Waals surface area contributed by atoms with Crippen molar-refractivity contribution >= 4 is 17.6 Å². The lowest BCUT2D eigenvalue weighted by Gasteiger charge is -2.18. The Kier molecular flexibility index (Phi) is 7.40. The van der Waals surface area contributed by atoms with Crippen LogP contribution in [-0.2, 0) is 12.7 Å². The number of nitrogens with zero attached hydrogens (tertiary/aromatic N) is 5. The van der Waals surface area contributed by atoms with Crippen LogP contribution in [0.4, 0.5) is 29.3 Å². The molecule has 0 unspecified atom stereocenters. The molecule has 5 aromatic rings. The molecular formula is C30H25F4N7O2. The van der Waals surface area contributed by atoms with Crippen molar-refractivity contribution in [3.8, 4) is 28.3 Å². The smallest absolute Gasteiger partial charge is 0.404 e. The van der Waals surface area contributed by atoms with Crippen LogP contribution in [0.25, 0.3) is 28.3 Å². The average Bonchev–Trinajstić information content (AvgIpc) is 3.76. The first-order valence-corrected chi connectivity index (χ1v) is 13.4. The first kappa shape index (κ1) is 28.1. The van der Waals surface area contributed by atoms with Crippen molar-refractivity contribution in [3.63, 3.8) is 0 Å².